The number of rotatable bonds is 5. The van der Waals surface area contributed by atoms with Crippen LogP contribution >= 0.6 is 23.8 Å². The molecule has 3 aromatic carbocycles. The molecular weight excluding hydrogens is 452 g/mol. The van der Waals surface area contributed by atoms with Crippen LogP contribution in [0.1, 0.15) is 21.5 Å². The molecule has 164 valence electrons. The van der Waals surface area contributed by atoms with Gasteiger partial charge in [-0.1, -0.05) is 35.9 Å². The van der Waals surface area contributed by atoms with Crippen LogP contribution in [0.3, 0.4) is 0 Å². The van der Waals surface area contributed by atoms with Gasteiger partial charge in [-0.2, -0.15) is 0 Å². The summed E-state index contributed by atoms with van der Waals surface area (Å²) in [7, 11) is 0. The molecule has 0 saturated carbocycles. The van der Waals surface area contributed by atoms with Crippen LogP contribution in [0.5, 0.6) is 0 Å². The van der Waals surface area contributed by atoms with Gasteiger partial charge in [0.1, 0.15) is 0 Å². The summed E-state index contributed by atoms with van der Waals surface area (Å²) >= 11 is 11.7. The summed E-state index contributed by atoms with van der Waals surface area (Å²) in [5.74, 6) is -0.263. The van der Waals surface area contributed by atoms with Crippen molar-refractivity contribution >= 4 is 56.6 Å². The second-order valence-electron chi connectivity index (χ2n) is 7.83. The largest absolute Gasteiger partial charge is 0.361 e. The minimum absolute atomic E-state index is 0.263. The van der Waals surface area contributed by atoms with Crippen LogP contribution in [0.25, 0.3) is 21.8 Å². The number of aromatic nitrogens is 2. The third-order valence-corrected chi connectivity index (χ3v) is 6.32. The van der Waals surface area contributed by atoms with Crippen molar-refractivity contribution in [3.8, 4) is 0 Å². The van der Waals surface area contributed by atoms with Gasteiger partial charge in [0.15, 0.2) is 5.11 Å². The van der Waals surface area contributed by atoms with Gasteiger partial charge < -0.3 is 14.9 Å². The highest BCUT2D eigenvalue weighted by Crippen LogP contribution is 2.23. The third-order valence-electron chi connectivity index (χ3n) is 5.71. The van der Waals surface area contributed by atoms with Crippen molar-refractivity contribution in [3.63, 3.8) is 0 Å². The van der Waals surface area contributed by atoms with E-state index < -0.39 is 0 Å². The van der Waals surface area contributed by atoms with Crippen LogP contribution < -0.4 is 5.32 Å². The molecule has 0 saturated heterocycles. The van der Waals surface area contributed by atoms with Gasteiger partial charge >= 0.3 is 0 Å². The molecule has 2 heterocycles. The van der Waals surface area contributed by atoms with Crippen molar-refractivity contribution in [3.05, 3.63) is 107 Å². The van der Waals surface area contributed by atoms with E-state index in [1.807, 2.05) is 41.6 Å². The van der Waals surface area contributed by atoms with Gasteiger partial charge in [-0.3, -0.25) is 10.1 Å². The summed E-state index contributed by atoms with van der Waals surface area (Å²) in [6, 6.07) is 23.2. The molecule has 0 unspecified atom stereocenters. The van der Waals surface area contributed by atoms with E-state index in [9.17, 15) is 4.79 Å². The number of nitrogens with zero attached hydrogens (tertiary/aromatic N) is 1. The number of carbonyl (C=O) groups excluding carboxylic acids is 1. The Balaban J connectivity index is 1.45. The number of halogens is 1. The van der Waals surface area contributed by atoms with E-state index in [2.05, 4.69) is 39.6 Å². The summed E-state index contributed by atoms with van der Waals surface area (Å²) in [5, 5.41) is 6.12. The lowest BCUT2D eigenvalue weighted by Crippen LogP contribution is -2.42. The molecule has 0 aliphatic rings. The lowest BCUT2D eigenvalue weighted by atomic mass is 10.1. The first-order valence-corrected chi connectivity index (χ1v) is 11.3. The predicted octanol–water partition coefficient (Wildman–Crippen LogP) is 6.02. The van der Waals surface area contributed by atoms with Gasteiger partial charge in [-0.15, -0.1) is 0 Å². The quantitative estimate of drug-likeness (QED) is 0.274. The highest BCUT2D eigenvalue weighted by molar-refractivity contribution is 7.80. The number of nitrogens with one attached hydrogen (secondary N) is 3. The molecule has 5 aromatic rings. The first-order valence-electron chi connectivity index (χ1n) is 10.5. The Labute approximate surface area is 201 Å². The average Bonchev–Trinajstić information content (AvgIpc) is 3.49. The Kier molecular flexibility index (Phi) is 5.86. The summed E-state index contributed by atoms with van der Waals surface area (Å²) < 4.78 is 0. The minimum atomic E-state index is -0.263. The Morgan fingerprint density at radius 2 is 1.36 bits per heavy atom. The lowest BCUT2D eigenvalue weighted by molar-refractivity contribution is 0.0972. The van der Waals surface area contributed by atoms with Crippen LogP contribution in [0.2, 0.25) is 5.02 Å². The Morgan fingerprint density at radius 3 is 1.91 bits per heavy atom. The smallest absolute Gasteiger partial charge is 0.257 e. The van der Waals surface area contributed by atoms with E-state index in [-0.39, 0.29) is 5.91 Å². The molecule has 0 aliphatic carbocycles. The zero-order valence-electron chi connectivity index (χ0n) is 17.6. The van der Waals surface area contributed by atoms with E-state index in [0.717, 1.165) is 32.9 Å². The van der Waals surface area contributed by atoms with E-state index in [1.54, 1.807) is 24.3 Å². The molecule has 3 N–H and O–H groups in total. The van der Waals surface area contributed by atoms with Crippen molar-refractivity contribution in [2.75, 3.05) is 0 Å². The normalized spacial score (nSPS) is 11.1. The molecule has 0 aliphatic heterocycles. The van der Waals surface area contributed by atoms with Crippen LogP contribution in [-0.4, -0.2) is 25.9 Å². The highest BCUT2D eigenvalue weighted by Gasteiger charge is 2.17. The molecule has 7 heteroatoms. The van der Waals surface area contributed by atoms with Gasteiger partial charge in [0.05, 0.1) is 0 Å². The van der Waals surface area contributed by atoms with Gasteiger partial charge in [0, 0.05) is 57.9 Å². The molecule has 0 radical (unpaired) electrons. The third kappa shape index (κ3) is 4.49. The van der Waals surface area contributed by atoms with Crippen molar-refractivity contribution < 1.29 is 4.79 Å². The number of H-pyrrole nitrogens is 2. The fourth-order valence-electron chi connectivity index (χ4n) is 4.04. The Morgan fingerprint density at radius 1 is 0.818 bits per heavy atom. The maximum absolute atomic E-state index is 12.8. The van der Waals surface area contributed by atoms with E-state index >= 15 is 0 Å². The van der Waals surface area contributed by atoms with Gasteiger partial charge in [0.25, 0.3) is 5.91 Å². The molecule has 0 bridgehead atoms. The Bertz CT molecular complexity index is 1380. The molecule has 2 aromatic heterocycles. The van der Waals surface area contributed by atoms with Crippen LogP contribution in [0.4, 0.5) is 0 Å². The molecule has 0 atom stereocenters. The molecule has 5 nitrogen and oxygen atoms in total. The minimum Gasteiger partial charge on any atom is -0.361 e. The van der Waals surface area contributed by atoms with Crippen molar-refractivity contribution in [2.24, 2.45) is 0 Å². The van der Waals surface area contributed by atoms with Gasteiger partial charge in [-0.25, -0.2) is 0 Å². The molecule has 0 spiro atoms. The highest BCUT2D eigenvalue weighted by atomic mass is 35.5. The van der Waals surface area contributed by atoms with Crippen molar-refractivity contribution in [1.82, 2.24) is 20.2 Å². The first-order chi connectivity index (χ1) is 16.1. The fourth-order valence-corrected chi connectivity index (χ4v) is 4.38. The predicted molar refractivity (Wildman–Crippen MR) is 137 cm³/mol. The van der Waals surface area contributed by atoms with Gasteiger partial charge in [-0.05, 0) is 71.9 Å². The standard InChI is InChI=1S/C26H21ClN4OS/c27-20-9-7-17(8-10-20)25(32)30-26(33)31(15-18-3-1-5-23-21(18)11-13-28-23)16-19-4-2-6-24-22(19)12-14-29-24/h1-14,28-29H,15-16H2,(H,30,32,33). The Hall–Kier alpha value is -3.61. The number of hydrogen-bond acceptors (Lipinski definition) is 2. The lowest BCUT2D eigenvalue weighted by Gasteiger charge is -2.26. The fraction of sp³-hybridized carbons (Fsp3) is 0.0769. The summed E-state index contributed by atoms with van der Waals surface area (Å²) in [4.78, 5) is 21.4. The van der Waals surface area contributed by atoms with Crippen LogP contribution in [0.15, 0.2) is 85.2 Å². The molecule has 5 rings (SSSR count). The monoisotopic (exact) mass is 472 g/mol. The van der Waals surface area contributed by atoms with Crippen LogP contribution in [-0.2, 0) is 13.1 Å². The SMILES string of the molecule is O=C(NC(=S)N(Cc1cccc2[nH]ccc12)Cc1cccc2[nH]ccc12)c1ccc(Cl)cc1. The number of carbonyl (C=O) groups is 1. The number of amides is 1. The first kappa shape index (κ1) is 21.2. The van der Waals surface area contributed by atoms with Crippen molar-refractivity contribution in [1.29, 1.82) is 0 Å². The number of benzene rings is 3. The molecule has 33 heavy (non-hydrogen) atoms. The summed E-state index contributed by atoms with van der Waals surface area (Å²) in [6.45, 7) is 1.10. The van der Waals surface area contributed by atoms with Crippen molar-refractivity contribution in [2.45, 2.75) is 13.1 Å². The maximum atomic E-state index is 12.8. The average molecular weight is 473 g/mol. The zero-order chi connectivity index (χ0) is 22.8. The molecule has 1 amide bonds. The number of hydrogen-bond donors (Lipinski definition) is 3. The number of fused-ring (bicyclic) bond motifs is 2. The van der Waals surface area contributed by atoms with E-state index in [4.69, 9.17) is 23.8 Å². The molecular formula is C26H21ClN4OS. The van der Waals surface area contributed by atoms with E-state index in [1.165, 1.54) is 0 Å². The number of thiocarbonyl (C=S) groups is 1. The summed E-state index contributed by atoms with van der Waals surface area (Å²) in [5.41, 5.74) is 4.88. The summed E-state index contributed by atoms with van der Waals surface area (Å²) in [6.07, 6.45) is 3.86. The zero-order valence-corrected chi connectivity index (χ0v) is 19.2. The molecule has 0 fully saturated rings. The second kappa shape index (κ2) is 9.10. The maximum Gasteiger partial charge on any atom is 0.257 e. The number of aromatic amines is 2. The van der Waals surface area contributed by atoms with Gasteiger partial charge in [0.2, 0.25) is 0 Å². The topological polar surface area (TPSA) is 63.9 Å². The van der Waals surface area contributed by atoms with E-state index in [0.29, 0.717) is 28.8 Å². The van der Waals surface area contributed by atoms with Crippen LogP contribution in [0, 0.1) is 0 Å². The second-order valence-corrected chi connectivity index (χ2v) is 8.66.